The van der Waals surface area contributed by atoms with Gasteiger partial charge in [0.05, 0.1) is 16.8 Å². The summed E-state index contributed by atoms with van der Waals surface area (Å²) in [6, 6.07) is 70.2. The number of benzene rings is 8. The van der Waals surface area contributed by atoms with Crippen LogP contribution >= 0.6 is 0 Å². The van der Waals surface area contributed by atoms with E-state index >= 15 is 0 Å². The van der Waals surface area contributed by atoms with Gasteiger partial charge in [-0.1, -0.05) is 182 Å². The first kappa shape index (κ1) is 29.8. The van der Waals surface area contributed by atoms with Crippen LogP contribution in [-0.4, -0.2) is 9.97 Å². The Kier molecular flexibility index (Phi) is 6.50. The van der Waals surface area contributed by atoms with Gasteiger partial charge < -0.3 is 0 Å². The monoisotopic (exact) mass is 672 g/mol. The van der Waals surface area contributed by atoms with Crippen molar-refractivity contribution in [3.8, 4) is 67.3 Å². The van der Waals surface area contributed by atoms with E-state index in [0.29, 0.717) is 5.82 Å². The fourth-order valence-electron chi connectivity index (χ4n) is 9.09. The Labute approximate surface area is 308 Å². The van der Waals surface area contributed by atoms with Crippen molar-refractivity contribution in [2.75, 3.05) is 0 Å². The molecular weight excluding hydrogens is 641 g/mol. The zero-order valence-corrected chi connectivity index (χ0v) is 28.9. The molecule has 2 aliphatic rings. The van der Waals surface area contributed by atoms with Crippen molar-refractivity contribution in [1.29, 1.82) is 0 Å². The van der Waals surface area contributed by atoms with Crippen molar-refractivity contribution in [3.05, 3.63) is 216 Å². The second kappa shape index (κ2) is 11.6. The Morgan fingerprint density at radius 3 is 1.42 bits per heavy atom. The van der Waals surface area contributed by atoms with Crippen LogP contribution in [-0.2, 0) is 5.41 Å². The van der Waals surface area contributed by atoms with Crippen LogP contribution in [0.4, 0.5) is 0 Å². The van der Waals surface area contributed by atoms with E-state index in [1.807, 2.05) is 12.1 Å². The zero-order valence-electron chi connectivity index (χ0n) is 28.9. The maximum atomic E-state index is 5.11. The average Bonchev–Trinajstić information content (AvgIpc) is 3.72. The third kappa shape index (κ3) is 4.33. The van der Waals surface area contributed by atoms with Crippen molar-refractivity contribution >= 4 is 10.8 Å². The van der Waals surface area contributed by atoms with Crippen LogP contribution in [0.15, 0.2) is 194 Å². The van der Waals surface area contributed by atoms with Gasteiger partial charge in [-0.2, -0.15) is 0 Å². The summed E-state index contributed by atoms with van der Waals surface area (Å²) in [5, 5.41) is 2.54. The van der Waals surface area contributed by atoms with Gasteiger partial charge in [-0.15, -0.1) is 0 Å². The van der Waals surface area contributed by atoms with Crippen molar-refractivity contribution in [3.63, 3.8) is 0 Å². The zero-order chi connectivity index (χ0) is 34.9. The summed E-state index contributed by atoms with van der Waals surface area (Å²) in [5.74, 6) is 0.712. The van der Waals surface area contributed by atoms with E-state index in [4.69, 9.17) is 9.97 Å². The third-order valence-electron chi connectivity index (χ3n) is 11.3. The quantitative estimate of drug-likeness (QED) is 0.186. The van der Waals surface area contributed by atoms with Crippen LogP contribution in [0, 0.1) is 0 Å². The molecular formula is C51H32N2. The van der Waals surface area contributed by atoms with E-state index in [-0.39, 0.29) is 0 Å². The molecule has 0 N–H and O–H groups in total. The minimum Gasteiger partial charge on any atom is -0.228 e. The highest BCUT2D eigenvalue weighted by Gasteiger charge is 2.52. The SMILES string of the molecule is c1ccc(-c2cc(-c3ccccc3)nc(-c3ccc(-c4cc5ccccc5c5c4-c4ccccc4C54c5ccccc5-c5ccccc54)cc3)n2)cc1. The summed E-state index contributed by atoms with van der Waals surface area (Å²) in [6.45, 7) is 0. The fraction of sp³-hybridized carbons (Fsp3) is 0.0196. The molecule has 1 heterocycles. The van der Waals surface area contributed by atoms with E-state index in [1.54, 1.807) is 0 Å². The lowest BCUT2D eigenvalue weighted by atomic mass is 9.69. The molecule has 0 saturated heterocycles. The van der Waals surface area contributed by atoms with E-state index in [9.17, 15) is 0 Å². The molecule has 9 aromatic rings. The van der Waals surface area contributed by atoms with Gasteiger partial charge in [0.25, 0.3) is 0 Å². The smallest absolute Gasteiger partial charge is 0.160 e. The Bertz CT molecular complexity index is 2770. The first-order valence-electron chi connectivity index (χ1n) is 18.3. The summed E-state index contributed by atoms with van der Waals surface area (Å²) in [5.41, 5.74) is 17.6. The van der Waals surface area contributed by atoms with Gasteiger partial charge in [0.2, 0.25) is 0 Å². The number of nitrogens with zero attached hydrogens (tertiary/aromatic N) is 2. The molecule has 8 aromatic carbocycles. The minimum atomic E-state index is -0.422. The number of aromatic nitrogens is 2. The lowest BCUT2D eigenvalue weighted by Crippen LogP contribution is -2.26. The minimum absolute atomic E-state index is 0.422. The summed E-state index contributed by atoms with van der Waals surface area (Å²) >= 11 is 0. The number of fused-ring (bicyclic) bond motifs is 12. The molecule has 0 amide bonds. The van der Waals surface area contributed by atoms with Gasteiger partial charge in [0, 0.05) is 16.7 Å². The lowest BCUT2D eigenvalue weighted by Gasteiger charge is -2.31. The maximum absolute atomic E-state index is 5.11. The van der Waals surface area contributed by atoms with Crippen LogP contribution in [0.25, 0.3) is 78.1 Å². The predicted octanol–water partition coefficient (Wildman–Crippen LogP) is 12.6. The number of hydrogen-bond donors (Lipinski definition) is 0. The second-order valence-corrected chi connectivity index (χ2v) is 14.1. The van der Waals surface area contributed by atoms with Gasteiger partial charge >= 0.3 is 0 Å². The van der Waals surface area contributed by atoms with Crippen molar-refractivity contribution in [2.45, 2.75) is 5.41 Å². The predicted molar refractivity (Wildman–Crippen MR) is 218 cm³/mol. The molecule has 0 fully saturated rings. The standard InChI is InChI=1S/C51H32N2/c1-3-15-34(16-4-1)46-32-47(35-17-5-2-6-18-35)53-50(52-46)36-29-27-33(28-30-36)42-31-37-19-7-8-20-38(37)49-48(42)41-23-11-14-26-45(41)51(49)43-24-12-9-21-39(43)40-22-10-13-25-44(40)51/h1-32H. The van der Waals surface area contributed by atoms with Gasteiger partial charge in [0.15, 0.2) is 5.82 Å². The molecule has 11 rings (SSSR count). The van der Waals surface area contributed by atoms with Crippen LogP contribution in [0.3, 0.4) is 0 Å². The highest BCUT2D eigenvalue weighted by molar-refractivity contribution is 6.09. The molecule has 2 aliphatic carbocycles. The third-order valence-corrected chi connectivity index (χ3v) is 11.3. The largest absolute Gasteiger partial charge is 0.228 e. The van der Waals surface area contributed by atoms with Crippen molar-refractivity contribution < 1.29 is 0 Å². The molecule has 2 nitrogen and oxygen atoms in total. The van der Waals surface area contributed by atoms with Crippen LogP contribution in [0.2, 0.25) is 0 Å². The molecule has 1 spiro atoms. The van der Waals surface area contributed by atoms with Crippen LogP contribution in [0.5, 0.6) is 0 Å². The Hall–Kier alpha value is -6.90. The van der Waals surface area contributed by atoms with E-state index in [0.717, 1.165) is 28.1 Å². The molecule has 0 aliphatic heterocycles. The fourth-order valence-corrected chi connectivity index (χ4v) is 9.09. The molecule has 0 radical (unpaired) electrons. The van der Waals surface area contributed by atoms with E-state index < -0.39 is 5.41 Å². The molecule has 1 aromatic heterocycles. The normalized spacial score (nSPS) is 13.1. The highest BCUT2D eigenvalue weighted by atomic mass is 14.9. The molecule has 0 bridgehead atoms. The van der Waals surface area contributed by atoms with Crippen molar-refractivity contribution in [1.82, 2.24) is 9.97 Å². The lowest BCUT2D eigenvalue weighted by molar-refractivity contribution is 0.801. The Morgan fingerprint density at radius 1 is 0.340 bits per heavy atom. The summed E-state index contributed by atoms with van der Waals surface area (Å²) in [6.07, 6.45) is 0. The first-order chi connectivity index (χ1) is 26.3. The van der Waals surface area contributed by atoms with Gasteiger partial charge in [0.1, 0.15) is 0 Å². The molecule has 53 heavy (non-hydrogen) atoms. The van der Waals surface area contributed by atoms with Gasteiger partial charge in [-0.25, -0.2) is 9.97 Å². The topological polar surface area (TPSA) is 25.8 Å². The van der Waals surface area contributed by atoms with E-state index in [1.165, 1.54) is 66.4 Å². The number of hydrogen-bond acceptors (Lipinski definition) is 2. The van der Waals surface area contributed by atoms with Crippen LogP contribution < -0.4 is 0 Å². The molecule has 0 atom stereocenters. The van der Waals surface area contributed by atoms with Gasteiger partial charge in [-0.3, -0.25) is 0 Å². The van der Waals surface area contributed by atoms with Gasteiger partial charge in [-0.05, 0) is 78.5 Å². The first-order valence-corrected chi connectivity index (χ1v) is 18.3. The molecule has 246 valence electrons. The Morgan fingerprint density at radius 2 is 0.811 bits per heavy atom. The van der Waals surface area contributed by atoms with Crippen LogP contribution in [0.1, 0.15) is 22.3 Å². The van der Waals surface area contributed by atoms with E-state index in [2.05, 4.69) is 182 Å². The summed E-state index contributed by atoms with van der Waals surface area (Å²) in [7, 11) is 0. The molecule has 2 heteroatoms. The molecule has 0 saturated carbocycles. The average molecular weight is 673 g/mol. The Balaban J connectivity index is 1.14. The maximum Gasteiger partial charge on any atom is 0.160 e. The highest BCUT2D eigenvalue weighted by Crippen LogP contribution is 2.65. The summed E-state index contributed by atoms with van der Waals surface area (Å²) < 4.78 is 0. The second-order valence-electron chi connectivity index (χ2n) is 14.1. The molecule has 0 unspecified atom stereocenters. The number of rotatable bonds is 4. The summed E-state index contributed by atoms with van der Waals surface area (Å²) in [4.78, 5) is 10.2. The van der Waals surface area contributed by atoms with Crippen molar-refractivity contribution in [2.24, 2.45) is 0 Å².